The van der Waals surface area contributed by atoms with Crippen molar-refractivity contribution in [2.24, 2.45) is 5.92 Å². The molecule has 1 aliphatic carbocycles. The summed E-state index contributed by atoms with van der Waals surface area (Å²) in [7, 11) is 0. The molecular formula is C23H29N7O2. The fraction of sp³-hybridized carbons (Fsp3) is 0.522. The first-order chi connectivity index (χ1) is 15.6. The van der Waals surface area contributed by atoms with Crippen LogP contribution in [0.2, 0.25) is 0 Å². The molecule has 0 radical (unpaired) electrons. The highest BCUT2D eigenvalue weighted by molar-refractivity contribution is 6.02. The number of anilines is 3. The van der Waals surface area contributed by atoms with E-state index in [1.165, 1.54) is 0 Å². The normalized spacial score (nSPS) is 21.9. The van der Waals surface area contributed by atoms with Gasteiger partial charge in [-0.15, -0.1) is 0 Å². The van der Waals surface area contributed by atoms with Gasteiger partial charge in [0.25, 0.3) is 0 Å². The van der Waals surface area contributed by atoms with Gasteiger partial charge >= 0.3 is 0 Å². The van der Waals surface area contributed by atoms with Gasteiger partial charge in [0.15, 0.2) is 0 Å². The molecule has 5 rings (SSSR count). The van der Waals surface area contributed by atoms with E-state index in [2.05, 4.69) is 25.4 Å². The first-order valence-electron chi connectivity index (χ1n) is 11.5. The van der Waals surface area contributed by atoms with Crippen LogP contribution in [0.15, 0.2) is 30.5 Å². The van der Waals surface area contributed by atoms with E-state index in [0.29, 0.717) is 17.9 Å². The highest BCUT2D eigenvalue weighted by Gasteiger charge is 2.53. The number of likely N-dealkylation sites (tertiary alicyclic amines) is 1. The Morgan fingerprint density at radius 3 is 2.59 bits per heavy atom. The molecule has 3 aliphatic rings. The van der Waals surface area contributed by atoms with Crippen molar-refractivity contribution in [3.8, 4) is 0 Å². The van der Waals surface area contributed by atoms with Gasteiger partial charge in [-0.25, -0.2) is 4.98 Å². The lowest BCUT2D eigenvalue weighted by Crippen LogP contribution is -2.44. The van der Waals surface area contributed by atoms with Crippen molar-refractivity contribution in [2.45, 2.75) is 43.9 Å². The maximum Gasteiger partial charge on any atom is 0.236 e. The number of nitrogen functional groups attached to an aromatic ring is 1. The lowest BCUT2D eigenvalue weighted by molar-refractivity contribution is -0.134. The van der Waals surface area contributed by atoms with Gasteiger partial charge < -0.3 is 20.9 Å². The molecule has 32 heavy (non-hydrogen) atoms. The third-order valence-corrected chi connectivity index (χ3v) is 6.92. The van der Waals surface area contributed by atoms with E-state index in [0.717, 1.165) is 64.0 Å². The summed E-state index contributed by atoms with van der Waals surface area (Å²) in [6.07, 6.45) is 7.15. The SMILES string of the molecule is Nc1nc(N2CCC[C@@H](C(=O)N3CCCC3)C2)ccc1NC(=O)C1(c2cccnn2)CC1. The van der Waals surface area contributed by atoms with Gasteiger partial charge in [0.05, 0.1) is 22.7 Å². The average molecular weight is 436 g/mol. The molecule has 2 aromatic rings. The number of aromatic nitrogens is 3. The molecule has 2 saturated heterocycles. The second kappa shape index (κ2) is 8.37. The minimum atomic E-state index is -0.630. The van der Waals surface area contributed by atoms with E-state index >= 15 is 0 Å². The number of hydrogen-bond acceptors (Lipinski definition) is 7. The van der Waals surface area contributed by atoms with Gasteiger partial charge in [-0.05, 0) is 62.8 Å². The summed E-state index contributed by atoms with van der Waals surface area (Å²) in [6, 6.07) is 7.30. The number of hydrogen-bond donors (Lipinski definition) is 2. The molecule has 0 aromatic carbocycles. The molecule has 1 atom stereocenters. The molecule has 2 amide bonds. The van der Waals surface area contributed by atoms with Crippen LogP contribution in [0, 0.1) is 5.92 Å². The topological polar surface area (TPSA) is 117 Å². The van der Waals surface area contributed by atoms with E-state index in [4.69, 9.17) is 5.73 Å². The fourth-order valence-corrected chi connectivity index (χ4v) is 4.85. The second-order valence-electron chi connectivity index (χ2n) is 9.06. The Labute approximate surface area is 187 Å². The molecule has 2 aromatic heterocycles. The standard InChI is InChI=1S/C23H29N7O2/c24-20-17(26-22(32)23(9-10-23)18-6-3-11-25-28-18)7-8-19(27-20)30-14-4-5-16(15-30)21(31)29-12-1-2-13-29/h3,6-8,11,16H,1-2,4-5,9-10,12-15H2,(H2,24,27)(H,26,32)/t16-/m1/s1. The van der Waals surface area contributed by atoms with Crippen molar-refractivity contribution in [3.63, 3.8) is 0 Å². The zero-order valence-electron chi connectivity index (χ0n) is 18.2. The van der Waals surface area contributed by atoms with Crippen molar-refractivity contribution < 1.29 is 9.59 Å². The van der Waals surface area contributed by atoms with Crippen molar-refractivity contribution in [1.82, 2.24) is 20.1 Å². The summed E-state index contributed by atoms with van der Waals surface area (Å²) in [5, 5.41) is 11.0. The van der Waals surface area contributed by atoms with Crippen molar-refractivity contribution in [3.05, 3.63) is 36.2 Å². The molecule has 9 nitrogen and oxygen atoms in total. The monoisotopic (exact) mass is 435 g/mol. The van der Waals surface area contributed by atoms with Crippen LogP contribution in [0.5, 0.6) is 0 Å². The van der Waals surface area contributed by atoms with Crippen LogP contribution in [-0.4, -0.2) is 58.1 Å². The van der Waals surface area contributed by atoms with Gasteiger partial charge in [-0.3, -0.25) is 9.59 Å². The van der Waals surface area contributed by atoms with Crippen molar-refractivity contribution in [2.75, 3.05) is 42.1 Å². The molecule has 168 valence electrons. The summed E-state index contributed by atoms with van der Waals surface area (Å²) in [4.78, 5) is 34.5. The largest absolute Gasteiger partial charge is 0.382 e. The summed E-state index contributed by atoms with van der Waals surface area (Å²) in [6.45, 7) is 3.26. The van der Waals surface area contributed by atoms with E-state index in [1.807, 2.05) is 17.0 Å². The van der Waals surface area contributed by atoms with E-state index in [1.54, 1.807) is 18.3 Å². The Balaban J connectivity index is 1.26. The van der Waals surface area contributed by atoms with E-state index < -0.39 is 5.41 Å². The zero-order chi connectivity index (χ0) is 22.1. The molecule has 2 aliphatic heterocycles. The van der Waals surface area contributed by atoms with Crippen molar-refractivity contribution >= 4 is 29.1 Å². The smallest absolute Gasteiger partial charge is 0.236 e. The number of rotatable bonds is 5. The molecule has 3 fully saturated rings. The number of piperidine rings is 1. The fourth-order valence-electron chi connectivity index (χ4n) is 4.85. The molecular weight excluding hydrogens is 406 g/mol. The molecule has 0 bridgehead atoms. The summed E-state index contributed by atoms with van der Waals surface area (Å²) >= 11 is 0. The highest BCUT2D eigenvalue weighted by Crippen LogP contribution is 2.48. The third kappa shape index (κ3) is 3.87. The van der Waals surface area contributed by atoms with Crippen LogP contribution in [0.4, 0.5) is 17.3 Å². The number of amides is 2. The molecule has 9 heteroatoms. The van der Waals surface area contributed by atoms with Gasteiger partial charge in [0.1, 0.15) is 11.6 Å². The predicted octanol–water partition coefficient (Wildman–Crippen LogP) is 1.96. The quantitative estimate of drug-likeness (QED) is 0.737. The Hall–Kier alpha value is -3.23. The van der Waals surface area contributed by atoms with Crippen LogP contribution >= 0.6 is 0 Å². The van der Waals surface area contributed by atoms with E-state index in [-0.39, 0.29) is 23.6 Å². The maximum atomic E-state index is 13.0. The lowest BCUT2D eigenvalue weighted by atomic mass is 9.96. The summed E-state index contributed by atoms with van der Waals surface area (Å²) < 4.78 is 0. The van der Waals surface area contributed by atoms with Crippen LogP contribution < -0.4 is 16.0 Å². The first kappa shape index (κ1) is 20.7. The van der Waals surface area contributed by atoms with Gasteiger partial charge in [-0.1, -0.05) is 0 Å². The Bertz CT molecular complexity index is 1000. The van der Waals surface area contributed by atoms with Gasteiger partial charge in [0.2, 0.25) is 11.8 Å². The zero-order valence-corrected chi connectivity index (χ0v) is 18.2. The molecule has 4 heterocycles. The Morgan fingerprint density at radius 1 is 1.09 bits per heavy atom. The highest BCUT2D eigenvalue weighted by atomic mass is 16.2. The van der Waals surface area contributed by atoms with Crippen LogP contribution in [-0.2, 0) is 15.0 Å². The minimum absolute atomic E-state index is 0.00552. The molecule has 0 unspecified atom stereocenters. The molecule has 0 spiro atoms. The lowest BCUT2D eigenvalue weighted by Gasteiger charge is -2.34. The average Bonchev–Trinajstić information content (AvgIpc) is 3.47. The molecule has 3 N–H and O–H groups in total. The maximum absolute atomic E-state index is 13.0. The van der Waals surface area contributed by atoms with Crippen LogP contribution in [0.1, 0.15) is 44.2 Å². The number of carbonyl (C=O) groups is 2. The number of nitrogens with zero attached hydrogens (tertiary/aromatic N) is 5. The van der Waals surface area contributed by atoms with Crippen LogP contribution in [0.25, 0.3) is 0 Å². The Morgan fingerprint density at radius 2 is 1.91 bits per heavy atom. The number of carbonyl (C=O) groups excluding carboxylic acids is 2. The molecule has 1 saturated carbocycles. The van der Waals surface area contributed by atoms with Gasteiger partial charge in [0, 0.05) is 32.4 Å². The first-order valence-corrected chi connectivity index (χ1v) is 11.5. The number of nitrogens with two attached hydrogens (primary N) is 1. The van der Waals surface area contributed by atoms with E-state index in [9.17, 15) is 9.59 Å². The van der Waals surface area contributed by atoms with Crippen molar-refractivity contribution in [1.29, 1.82) is 0 Å². The third-order valence-electron chi connectivity index (χ3n) is 6.92. The summed E-state index contributed by atoms with van der Waals surface area (Å²) in [5.41, 5.74) is 6.77. The number of nitrogens with one attached hydrogen (secondary N) is 1. The second-order valence-corrected chi connectivity index (χ2v) is 9.06. The minimum Gasteiger partial charge on any atom is -0.382 e. The Kier molecular flexibility index (Phi) is 5.40. The van der Waals surface area contributed by atoms with Gasteiger partial charge in [-0.2, -0.15) is 10.2 Å². The summed E-state index contributed by atoms with van der Waals surface area (Å²) in [5.74, 6) is 1.16. The number of pyridine rings is 1. The van der Waals surface area contributed by atoms with Crippen LogP contribution in [0.3, 0.4) is 0 Å². The predicted molar refractivity (Wildman–Crippen MR) is 121 cm³/mol.